The van der Waals surface area contributed by atoms with Crippen LogP contribution in [0, 0.1) is 0 Å². The maximum absolute atomic E-state index is 13.3. The quantitative estimate of drug-likeness (QED) is 0.0536. The molecule has 4 saturated heterocycles. The summed E-state index contributed by atoms with van der Waals surface area (Å²) in [5.74, 6) is 2.95. The number of fused-ring (bicyclic) bond motifs is 2. The van der Waals surface area contributed by atoms with Gasteiger partial charge in [-0.1, -0.05) is 19.6 Å². The number of hydrogen-bond donors (Lipinski definition) is 3. The number of aromatic nitrogens is 8. The average molecular weight is 1230 g/mol. The molecular weight excluding hydrogens is 1160 g/mol. The predicted molar refractivity (Wildman–Crippen MR) is 313 cm³/mol. The Hall–Kier alpha value is -5.78. The molecule has 0 saturated carbocycles. The van der Waals surface area contributed by atoms with Crippen molar-refractivity contribution in [3.63, 3.8) is 0 Å². The number of nitrogens with two attached hydrogens (primary N) is 1. The summed E-state index contributed by atoms with van der Waals surface area (Å²) in [6, 6.07) is 16.4. The standard InChI is InChI=1S/C24H29N7O4S.C16H30BrN5O3SSi.C14H14N2O2/c1-30-11-7-24(30)8-12-31(13-9-24)36(32,33)23-27-22(28-29-23)26-21-17(3-4-19-18(21)6-14-35-19)16-5-10-25-20(15-16)34-2;1-20-8-5-16(20)6-9-21(10-7-16)26(23,24)15-18-14(17)19-22(15)13-25-11-12-27(2,3)4;1-17-13-8-9(4-6-16-13)10-2-3-12-11(14(10)15)5-7-18-12/h3-5,10,15H,6-9,11-14H2,1-2H3,(H2,26,27,28,29);5-13H2,1-4H3;2-4,6,8H,5,7,15H2,1H3. The van der Waals surface area contributed by atoms with Crippen LogP contribution in [0.4, 0.5) is 17.3 Å². The minimum absolute atomic E-state index is 0.0414. The zero-order valence-electron chi connectivity index (χ0n) is 47.1. The van der Waals surface area contributed by atoms with Crippen molar-refractivity contribution < 1.29 is 40.5 Å². The van der Waals surface area contributed by atoms with Gasteiger partial charge in [-0.2, -0.15) is 18.6 Å². The Morgan fingerprint density at radius 1 is 0.728 bits per heavy atom. The highest BCUT2D eigenvalue weighted by Crippen LogP contribution is 2.44. The summed E-state index contributed by atoms with van der Waals surface area (Å²) < 4.78 is 84.9. The number of rotatable bonds is 15. The van der Waals surface area contributed by atoms with E-state index in [1.807, 2.05) is 48.5 Å². The summed E-state index contributed by atoms with van der Waals surface area (Å²) in [4.78, 5) is 21.4. The van der Waals surface area contributed by atoms with Gasteiger partial charge in [-0.05, 0) is 122 Å². The van der Waals surface area contributed by atoms with E-state index in [2.05, 4.69) is 100 Å². The van der Waals surface area contributed by atoms with E-state index in [0.29, 0.717) is 64.2 Å². The number of benzene rings is 2. The van der Waals surface area contributed by atoms with Gasteiger partial charge in [0.1, 0.15) is 18.2 Å². The third-order valence-electron chi connectivity index (χ3n) is 16.7. The molecule has 0 aliphatic carbocycles. The van der Waals surface area contributed by atoms with Crippen LogP contribution in [0.3, 0.4) is 0 Å². The average Bonchev–Trinajstić information content (AvgIpc) is 4.42. The van der Waals surface area contributed by atoms with Gasteiger partial charge in [-0.3, -0.25) is 0 Å². The number of ether oxygens (including phenoxy) is 5. The summed E-state index contributed by atoms with van der Waals surface area (Å²) in [6.45, 7) is 13.0. The number of piperidine rings is 2. The molecule has 0 atom stereocenters. The monoisotopic (exact) mass is 1230 g/mol. The second-order valence-corrected chi connectivity index (χ2v) is 32.6. The van der Waals surface area contributed by atoms with Gasteiger partial charge >= 0.3 is 0 Å². The van der Waals surface area contributed by atoms with Gasteiger partial charge in [-0.15, -0.1) is 10.2 Å². The molecule has 10 heterocycles. The molecule has 6 aliphatic heterocycles. The van der Waals surface area contributed by atoms with Gasteiger partial charge in [0, 0.05) is 130 Å². The molecule has 0 amide bonds. The minimum atomic E-state index is -3.77. The van der Waals surface area contributed by atoms with Crippen LogP contribution in [0.5, 0.6) is 23.3 Å². The number of sulfonamides is 2. The van der Waals surface area contributed by atoms with Crippen molar-refractivity contribution in [3.05, 3.63) is 76.8 Å². The van der Waals surface area contributed by atoms with Crippen molar-refractivity contribution in [1.29, 1.82) is 0 Å². The van der Waals surface area contributed by atoms with Gasteiger partial charge < -0.3 is 44.5 Å². The van der Waals surface area contributed by atoms with Crippen LogP contribution in [-0.2, 0) is 44.4 Å². The Bertz CT molecular complexity index is 3460. The fourth-order valence-electron chi connectivity index (χ4n) is 11.3. The van der Waals surface area contributed by atoms with E-state index >= 15 is 0 Å². The lowest BCUT2D eigenvalue weighted by Crippen LogP contribution is -2.62. The van der Waals surface area contributed by atoms with Crippen LogP contribution >= 0.6 is 15.9 Å². The smallest absolute Gasteiger partial charge is 0.278 e. The van der Waals surface area contributed by atoms with E-state index in [1.54, 1.807) is 30.9 Å². The van der Waals surface area contributed by atoms with Crippen molar-refractivity contribution in [2.75, 3.05) is 98.5 Å². The van der Waals surface area contributed by atoms with Crippen LogP contribution in [-0.4, -0.2) is 182 Å². The van der Waals surface area contributed by atoms with E-state index in [1.165, 1.54) is 8.99 Å². The van der Waals surface area contributed by atoms with Crippen molar-refractivity contribution in [2.45, 2.75) is 105 Å². The predicted octanol–water partition coefficient (Wildman–Crippen LogP) is 6.90. The Balaban J connectivity index is 0.000000144. The number of nitrogens with one attached hydrogen (secondary N) is 2. The van der Waals surface area contributed by atoms with Crippen LogP contribution in [0.2, 0.25) is 25.7 Å². The van der Waals surface area contributed by atoms with Crippen LogP contribution in [0.15, 0.2) is 76.0 Å². The second-order valence-electron chi connectivity index (χ2n) is 22.5. The van der Waals surface area contributed by atoms with Crippen molar-refractivity contribution in [1.82, 2.24) is 58.3 Å². The maximum Gasteiger partial charge on any atom is 0.278 e. The first-order chi connectivity index (χ1) is 38.7. The van der Waals surface area contributed by atoms with Crippen molar-refractivity contribution >= 4 is 61.4 Å². The lowest BCUT2D eigenvalue weighted by Gasteiger charge is -2.54. The zero-order valence-corrected chi connectivity index (χ0v) is 51.3. The fraction of sp³-hybridized carbons (Fsp3) is 0.519. The Labute approximate surface area is 483 Å². The molecule has 6 aromatic rings. The molecule has 0 radical (unpaired) electrons. The van der Waals surface area contributed by atoms with Crippen molar-refractivity contribution in [3.8, 4) is 45.5 Å². The summed E-state index contributed by atoms with van der Waals surface area (Å²) in [5.41, 5.74) is 14.0. The number of nitrogen functional groups attached to an aromatic ring is 1. The first kappa shape index (κ1) is 58.4. The molecule has 0 bridgehead atoms. The SMILES string of the molecule is CN1CCC12CCN(S(=O)(=O)c1nc(Br)nn1COCC[Si](C)(C)C)CC2.COc1cc(-c2ccc3c(c2N)CCO3)ccn1.COc1cc(-c2ccc3c(c2Nc2n[nH]c(S(=O)(=O)N4CCC5(CCN5C)CC4)n2)CCO3)ccn1. The Morgan fingerprint density at radius 2 is 1.26 bits per heavy atom. The second kappa shape index (κ2) is 23.8. The van der Waals surface area contributed by atoms with Gasteiger partial charge in [0.05, 0.1) is 33.1 Å². The van der Waals surface area contributed by atoms with E-state index in [9.17, 15) is 16.8 Å². The van der Waals surface area contributed by atoms with Crippen molar-refractivity contribution in [2.24, 2.45) is 0 Å². The molecular formula is C54H73BrN14O9S2Si. The van der Waals surface area contributed by atoms with Gasteiger partial charge in [-0.25, -0.2) is 36.6 Å². The lowest BCUT2D eigenvalue weighted by atomic mass is 9.77. The van der Waals surface area contributed by atoms with E-state index < -0.39 is 28.1 Å². The van der Waals surface area contributed by atoms with Crippen LogP contribution in [0.1, 0.15) is 49.7 Å². The van der Waals surface area contributed by atoms with Gasteiger partial charge in [0.15, 0.2) is 0 Å². The largest absolute Gasteiger partial charge is 0.493 e. The highest BCUT2D eigenvalue weighted by molar-refractivity contribution is 9.10. The molecule has 12 rings (SSSR count). The molecule has 0 unspecified atom stereocenters. The highest BCUT2D eigenvalue weighted by Gasteiger charge is 2.48. The number of anilines is 3. The molecule has 4 N–H and O–H groups in total. The number of methoxy groups -OCH3 is 2. The summed E-state index contributed by atoms with van der Waals surface area (Å²) in [7, 11) is -1.24. The third-order valence-corrected chi connectivity index (χ3v) is 22.3. The molecule has 436 valence electrons. The van der Waals surface area contributed by atoms with E-state index in [4.69, 9.17) is 29.4 Å². The maximum atomic E-state index is 13.3. The molecule has 2 aromatic carbocycles. The van der Waals surface area contributed by atoms with E-state index in [-0.39, 0.29) is 38.8 Å². The highest BCUT2D eigenvalue weighted by atomic mass is 79.9. The molecule has 2 spiro atoms. The number of halogens is 1. The van der Waals surface area contributed by atoms with E-state index in [0.717, 1.165) is 120 Å². The minimum Gasteiger partial charge on any atom is -0.493 e. The molecule has 27 heteroatoms. The topological polar surface area (TPSA) is 264 Å². The Kier molecular flexibility index (Phi) is 17.2. The van der Waals surface area contributed by atoms with Gasteiger partial charge in [0.2, 0.25) is 22.4 Å². The lowest BCUT2D eigenvalue weighted by molar-refractivity contribution is -0.0266. The number of hydrogen-bond acceptors (Lipinski definition) is 19. The zero-order chi connectivity index (χ0) is 57.3. The van der Waals surface area contributed by atoms with Crippen LogP contribution in [0.25, 0.3) is 22.3 Å². The number of H-pyrrole nitrogens is 1. The Morgan fingerprint density at radius 3 is 1.80 bits per heavy atom. The molecule has 6 aliphatic rings. The third kappa shape index (κ3) is 12.3. The number of likely N-dealkylation sites (tertiary alicyclic amines) is 2. The normalized spacial score (nSPS) is 18.7. The number of aromatic amines is 1. The summed E-state index contributed by atoms with van der Waals surface area (Å²) in [5, 5.41) is 14.1. The fourth-order valence-corrected chi connectivity index (χ4v) is 15.3. The molecule has 4 aromatic heterocycles. The first-order valence-electron chi connectivity index (χ1n) is 27.4. The number of nitrogens with zero attached hydrogens (tertiary/aromatic N) is 11. The first-order valence-corrected chi connectivity index (χ1v) is 34.7. The summed E-state index contributed by atoms with van der Waals surface area (Å²) in [6.07, 6.45) is 10.7. The summed E-state index contributed by atoms with van der Waals surface area (Å²) >= 11 is 3.21. The molecule has 81 heavy (non-hydrogen) atoms. The molecule has 4 fully saturated rings. The van der Waals surface area contributed by atoms with Crippen LogP contribution < -0.4 is 30.0 Å². The van der Waals surface area contributed by atoms with Gasteiger partial charge in [0.25, 0.3) is 30.4 Å². The number of pyridine rings is 2. The molecule has 23 nitrogen and oxygen atoms in total.